The van der Waals surface area contributed by atoms with Gasteiger partial charge in [-0.2, -0.15) is 0 Å². The summed E-state index contributed by atoms with van der Waals surface area (Å²) < 4.78 is 26.6. The Balaban J connectivity index is 1.88. The predicted octanol–water partition coefficient (Wildman–Crippen LogP) is 3.90. The van der Waals surface area contributed by atoms with Crippen molar-refractivity contribution in [3.63, 3.8) is 0 Å². The Kier molecular flexibility index (Phi) is 5.77. The van der Waals surface area contributed by atoms with Crippen LogP contribution in [0.15, 0.2) is 77.7 Å². The lowest BCUT2D eigenvalue weighted by atomic mass is 10.1. The van der Waals surface area contributed by atoms with Gasteiger partial charge in [0.25, 0.3) is 5.91 Å². The van der Waals surface area contributed by atoms with Crippen LogP contribution >= 0.6 is 0 Å². The average molecular weight is 395 g/mol. The van der Waals surface area contributed by atoms with E-state index in [4.69, 9.17) is 0 Å². The number of aryl methyl sites for hydroxylation is 1. The molecule has 0 aliphatic heterocycles. The Labute approximate surface area is 164 Å². The second-order valence-electron chi connectivity index (χ2n) is 6.18. The molecule has 0 spiro atoms. The minimum Gasteiger partial charge on any atom is -0.355 e. The Hall–Kier alpha value is -3.16. The maximum Gasteiger partial charge on any atom is 0.257 e. The highest BCUT2D eigenvalue weighted by atomic mass is 32.2. The fourth-order valence-corrected chi connectivity index (χ4v) is 3.74. The summed E-state index contributed by atoms with van der Waals surface area (Å²) in [6.07, 6.45) is 0. The zero-order valence-corrected chi connectivity index (χ0v) is 16.4. The smallest absolute Gasteiger partial charge is 0.257 e. The van der Waals surface area contributed by atoms with Crippen LogP contribution in [0.25, 0.3) is 0 Å². The van der Waals surface area contributed by atoms with Crippen LogP contribution in [-0.4, -0.2) is 21.4 Å². The van der Waals surface area contributed by atoms with Crippen LogP contribution in [0.1, 0.15) is 15.9 Å². The Bertz CT molecular complexity index is 1100. The zero-order chi connectivity index (χ0) is 20.1. The minimum absolute atomic E-state index is 0.128. The number of anilines is 3. The Morgan fingerprint density at radius 3 is 2.25 bits per heavy atom. The third-order valence-corrected chi connectivity index (χ3v) is 5.79. The van der Waals surface area contributed by atoms with Crippen molar-refractivity contribution in [2.45, 2.75) is 11.8 Å². The van der Waals surface area contributed by atoms with Gasteiger partial charge >= 0.3 is 0 Å². The first-order valence-corrected chi connectivity index (χ1v) is 10.2. The summed E-state index contributed by atoms with van der Waals surface area (Å²) >= 11 is 0. The summed E-state index contributed by atoms with van der Waals surface area (Å²) in [5.74, 6) is -0.337. The number of amides is 1. The Morgan fingerprint density at radius 1 is 0.857 bits per heavy atom. The number of benzene rings is 3. The molecule has 1 amide bonds. The van der Waals surface area contributed by atoms with Crippen LogP contribution in [0, 0.1) is 6.92 Å². The van der Waals surface area contributed by atoms with E-state index in [1.807, 2.05) is 42.5 Å². The third-order valence-electron chi connectivity index (χ3n) is 4.23. The first-order valence-electron chi connectivity index (χ1n) is 8.67. The molecule has 7 heteroatoms. The molecule has 0 atom stereocenters. The molecule has 0 aliphatic rings. The molecule has 28 heavy (non-hydrogen) atoms. The average Bonchev–Trinajstić information content (AvgIpc) is 2.70. The van der Waals surface area contributed by atoms with E-state index in [0.29, 0.717) is 22.5 Å². The monoisotopic (exact) mass is 395 g/mol. The van der Waals surface area contributed by atoms with Crippen LogP contribution in [0.4, 0.5) is 17.1 Å². The van der Waals surface area contributed by atoms with Crippen molar-refractivity contribution in [2.24, 2.45) is 0 Å². The molecule has 0 aliphatic carbocycles. The van der Waals surface area contributed by atoms with Crippen LogP contribution in [0.2, 0.25) is 0 Å². The highest BCUT2D eigenvalue weighted by Crippen LogP contribution is 2.24. The molecular formula is C21H21N3O3S. The third kappa shape index (κ3) is 4.39. The Morgan fingerprint density at radius 2 is 1.54 bits per heavy atom. The minimum atomic E-state index is -3.61. The lowest BCUT2D eigenvalue weighted by molar-refractivity contribution is 0.102. The fraction of sp³-hybridized carbons (Fsp3) is 0.0952. The van der Waals surface area contributed by atoms with Gasteiger partial charge in [-0.3, -0.25) is 4.79 Å². The van der Waals surface area contributed by atoms with Gasteiger partial charge in [0.15, 0.2) is 0 Å². The van der Waals surface area contributed by atoms with Gasteiger partial charge < -0.3 is 10.6 Å². The number of hydrogen-bond donors (Lipinski definition) is 3. The van der Waals surface area contributed by atoms with Crippen molar-refractivity contribution in [3.8, 4) is 0 Å². The SMILES string of the molecule is CNS(=O)(=O)c1cc(NC(=O)c2ccccc2Nc2ccccc2)ccc1C. The first-order chi connectivity index (χ1) is 13.4. The standard InChI is InChI=1S/C21H21N3O3S/c1-15-12-13-17(14-20(15)28(26,27)22-2)24-21(25)18-10-6-7-11-19(18)23-16-8-4-3-5-9-16/h3-14,22-23H,1-2H3,(H,24,25). The summed E-state index contributed by atoms with van der Waals surface area (Å²) in [6, 6.07) is 21.5. The summed E-state index contributed by atoms with van der Waals surface area (Å²) in [5.41, 5.74) is 2.96. The van der Waals surface area contributed by atoms with Crippen LogP contribution in [0.3, 0.4) is 0 Å². The van der Waals surface area contributed by atoms with Gasteiger partial charge in [0, 0.05) is 11.4 Å². The van der Waals surface area contributed by atoms with Crippen molar-refractivity contribution >= 4 is 33.0 Å². The first kappa shape index (κ1) is 19.6. The molecule has 3 N–H and O–H groups in total. The summed E-state index contributed by atoms with van der Waals surface area (Å²) in [4.78, 5) is 13.0. The van der Waals surface area contributed by atoms with Crippen molar-refractivity contribution in [3.05, 3.63) is 83.9 Å². The van der Waals surface area contributed by atoms with Gasteiger partial charge in [-0.15, -0.1) is 0 Å². The second kappa shape index (κ2) is 8.24. The van der Waals surface area contributed by atoms with Crippen molar-refractivity contribution < 1.29 is 13.2 Å². The number of sulfonamides is 1. The van der Waals surface area contributed by atoms with E-state index in [2.05, 4.69) is 15.4 Å². The quantitative estimate of drug-likeness (QED) is 0.591. The molecular weight excluding hydrogens is 374 g/mol. The number of hydrogen-bond acceptors (Lipinski definition) is 4. The van der Waals surface area contributed by atoms with E-state index >= 15 is 0 Å². The molecule has 0 heterocycles. The molecule has 3 aromatic carbocycles. The van der Waals surface area contributed by atoms with Gasteiger partial charge in [0.2, 0.25) is 10.0 Å². The molecule has 6 nitrogen and oxygen atoms in total. The van der Waals surface area contributed by atoms with Crippen molar-refractivity contribution in [1.29, 1.82) is 0 Å². The van der Waals surface area contributed by atoms with Crippen molar-refractivity contribution in [1.82, 2.24) is 4.72 Å². The van der Waals surface area contributed by atoms with Gasteiger partial charge in [-0.05, 0) is 55.9 Å². The van der Waals surface area contributed by atoms with E-state index in [-0.39, 0.29) is 10.8 Å². The lowest BCUT2D eigenvalue weighted by Gasteiger charge is -2.13. The fourth-order valence-electron chi connectivity index (χ4n) is 2.74. The van der Waals surface area contributed by atoms with Gasteiger partial charge in [0.05, 0.1) is 16.1 Å². The molecule has 3 rings (SSSR count). The zero-order valence-electron chi connectivity index (χ0n) is 15.6. The van der Waals surface area contributed by atoms with E-state index in [1.54, 1.807) is 31.2 Å². The van der Waals surface area contributed by atoms with E-state index in [1.165, 1.54) is 13.1 Å². The van der Waals surface area contributed by atoms with E-state index in [9.17, 15) is 13.2 Å². The summed E-state index contributed by atoms with van der Waals surface area (Å²) in [7, 11) is -2.26. The number of rotatable bonds is 6. The topological polar surface area (TPSA) is 87.3 Å². The highest BCUT2D eigenvalue weighted by Gasteiger charge is 2.17. The lowest BCUT2D eigenvalue weighted by Crippen LogP contribution is -2.20. The van der Waals surface area contributed by atoms with Crippen LogP contribution in [0.5, 0.6) is 0 Å². The molecule has 3 aromatic rings. The summed E-state index contributed by atoms with van der Waals surface area (Å²) in [5, 5.41) is 6.00. The largest absolute Gasteiger partial charge is 0.355 e. The van der Waals surface area contributed by atoms with Crippen LogP contribution < -0.4 is 15.4 Å². The molecule has 0 unspecified atom stereocenters. The van der Waals surface area contributed by atoms with Gasteiger partial charge in [0.1, 0.15) is 0 Å². The highest BCUT2D eigenvalue weighted by molar-refractivity contribution is 7.89. The number of para-hydroxylation sites is 2. The van der Waals surface area contributed by atoms with Crippen LogP contribution in [-0.2, 0) is 10.0 Å². The normalized spacial score (nSPS) is 11.1. The molecule has 144 valence electrons. The van der Waals surface area contributed by atoms with E-state index in [0.717, 1.165) is 5.69 Å². The molecule has 0 radical (unpaired) electrons. The number of nitrogens with one attached hydrogen (secondary N) is 3. The number of carbonyl (C=O) groups excluding carboxylic acids is 1. The van der Waals surface area contributed by atoms with Gasteiger partial charge in [-0.25, -0.2) is 13.1 Å². The van der Waals surface area contributed by atoms with E-state index < -0.39 is 10.0 Å². The molecule has 0 saturated carbocycles. The van der Waals surface area contributed by atoms with Crippen molar-refractivity contribution in [2.75, 3.05) is 17.7 Å². The maximum atomic E-state index is 12.8. The molecule has 0 fully saturated rings. The molecule has 0 bridgehead atoms. The molecule has 0 aromatic heterocycles. The predicted molar refractivity (Wildman–Crippen MR) is 112 cm³/mol. The summed E-state index contributed by atoms with van der Waals surface area (Å²) in [6.45, 7) is 1.70. The maximum absolute atomic E-state index is 12.8. The van der Waals surface area contributed by atoms with Gasteiger partial charge in [-0.1, -0.05) is 36.4 Å². The number of carbonyl (C=O) groups is 1. The molecule has 0 saturated heterocycles. The second-order valence-corrected chi connectivity index (χ2v) is 8.03.